The van der Waals surface area contributed by atoms with E-state index in [1.807, 2.05) is 72.8 Å². The van der Waals surface area contributed by atoms with Crippen LogP contribution in [0, 0.1) is 5.92 Å². The van der Waals surface area contributed by atoms with Crippen molar-refractivity contribution in [1.82, 2.24) is 9.80 Å². The van der Waals surface area contributed by atoms with Crippen molar-refractivity contribution < 1.29 is 23.9 Å². The van der Waals surface area contributed by atoms with Crippen LogP contribution in [0.1, 0.15) is 37.7 Å². The van der Waals surface area contributed by atoms with Gasteiger partial charge in [0, 0.05) is 61.4 Å². The van der Waals surface area contributed by atoms with Crippen LogP contribution in [-0.4, -0.2) is 73.6 Å². The summed E-state index contributed by atoms with van der Waals surface area (Å²) in [5, 5.41) is 5.91. The van der Waals surface area contributed by atoms with Gasteiger partial charge >= 0.3 is 6.09 Å². The molecule has 0 aliphatic carbocycles. The van der Waals surface area contributed by atoms with Gasteiger partial charge < -0.3 is 25.4 Å². The summed E-state index contributed by atoms with van der Waals surface area (Å²) in [6, 6.07) is 23.4. The number of hydrogen-bond donors (Lipinski definition) is 3. The highest BCUT2D eigenvalue weighted by Crippen LogP contribution is 2.29. The molecule has 2 aliphatic heterocycles. The summed E-state index contributed by atoms with van der Waals surface area (Å²) in [4.78, 5) is 41.4. The van der Waals surface area contributed by atoms with Gasteiger partial charge in [0.05, 0.1) is 12.8 Å². The van der Waals surface area contributed by atoms with Crippen molar-refractivity contribution in [2.24, 2.45) is 11.7 Å². The molecule has 0 atom stereocenters. The van der Waals surface area contributed by atoms with Crippen LogP contribution in [0.5, 0.6) is 5.75 Å². The number of piperidine rings is 2. The van der Waals surface area contributed by atoms with E-state index < -0.39 is 6.09 Å². The fraction of sp³-hybridized carbons (Fsp3) is 0.400. The molecule has 10 nitrogen and oxygen atoms in total. The van der Waals surface area contributed by atoms with E-state index in [9.17, 15) is 14.4 Å². The van der Waals surface area contributed by atoms with Gasteiger partial charge in [0.2, 0.25) is 11.8 Å². The number of methoxy groups -OCH3 is 1. The average molecular weight is 614 g/mol. The zero-order valence-electron chi connectivity index (χ0n) is 25.9. The lowest BCUT2D eigenvalue weighted by atomic mass is 9.96. The molecule has 2 fully saturated rings. The Labute approximate surface area is 264 Å². The molecule has 0 bridgehead atoms. The summed E-state index contributed by atoms with van der Waals surface area (Å²) in [5.74, 6) is 0.404. The number of primary amides is 1. The van der Waals surface area contributed by atoms with Gasteiger partial charge in [-0.3, -0.25) is 19.8 Å². The first-order chi connectivity index (χ1) is 21.9. The SMILES string of the molecule is COc1cc(NC(=O)CCN2CCC(OC(=O)Nc3ccccc3-c3ccccc3)CC2)ccc1CN1CCC(C(N)=O)CC1. The molecule has 10 heteroatoms. The maximum absolute atomic E-state index is 12.8. The van der Waals surface area contributed by atoms with E-state index in [1.165, 1.54) is 0 Å². The van der Waals surface area contributed by atoms with Gasteiger partial charge in [-0.25, -0.2) is 4.79 Å². The van der Waals surface area contributed by atoms with Gasteiger partial charge in [0.25, 0.3) is 0 Å². The van der Waals surface area contributed by atoms with Crippen LogP contribution in [0.4, 0.5) is 16.2 Å². The summed E-state index contributed by atoms with van der Waals surface area (Å²) in [5.41, 5.74) is 9.87. The second kappa shape index (κ2) is 15.5. The summed E-state index contributed by atoms with van der Waals surface area (Å²) in [6.45, 7) is 4.48. The predicted octanol–water partition coefficient (Wildman–Crippen LogP) is 5.10. The third-order valence-corrected chi connectivity index (χ3v) is 8.67. The Morgan fingerprint density at radius 2 is 1.53 bits per heavy atom. The largest absolute Gasteiger partial charge is 0.496 e. The van der Waals surface area contributed by atoms with E-state index in [1.54, 1.807) is 7.11 Å². The molecule has 238 valence electrons. The minimum Gasteiger partial charge on any atom is -0.496 e. The van der Waals surface area contributed by atoms with Crippen LogP contribution in [0.2, 0.25) is 0 Å². The van der Waals surface area contributed by atoms with Crippen LogP contribution in [0.3, 0.4) is 0 Å². The van der Waals surface area contributed by atoms with Crippen molar-refractivity contribution >= 4 is 29.3 Å². The number of carbonyl (C=O) groups is 3. The quantitative estimate of drug-likeness (QED) is 0.275. The van der Waals surface area contributed by atoms with Gasteiger partial charge in [-0.1, -0.05) is 54.6 Å². The molecule has 3 amide bonds. The molecule has 0 unspecified atom stereocenters. The minimum absolute atomic E-state index is 0.0407. The molecule has 0 spiro atoms. The molecule has 4 N–H and O–H groups in total. The molecule has 45 heavy (non-hydrogen) atoms. The number of carbonyl (C=O) groups excluding carboxylic acids is 3. The minimum atomic E-state index is -0.453. The second-order valence-corrected chi connectivity index (χ2v) is 11.8. The highest BCUT2D eigenvalue weighted by Gasteiger charge is 2.25. The smallest absolute Gasteiger partial charge is 0.411 e. The van der Waals surface area contributed by atoms with E-state index in [0.29, 0.717) is 43.7 Å². The number of nitrogens with two attached hydrogens (primary N) is 1. The normalized spacial score (nSPS) is 16.6. The van der Waals surface area contributed by atoms with Crippen LogP contribution in [0.15, 0.2) is 72.8 Å². The summed E-state index contributed by atoms with van der Waals surface area (Å²) < 4.78 is 11.4. The summed E-state index contributed by atoms with van der Waals surface area (Å²) >= 11 is 0. The number of ether oxygens (including phenoxy) is 2. The number of hydrogen-bond acceptors (Lipinski definition) is 7. The Kier molecular flexibility index (Phi) is 11.1. The van der Waals surface area contributed by atoms with E-state index in [2.05, 4.69) is 20.4 Å². The van der Waals surface area contributed by atoms with Gasteiger partial charge in [-0.2, -0.15) is 0 Å². The van der Waals surface area contributed by atoms with Crippen LogP contribution >= 0.6 is 0 Å². The van der Waals surface area contributed by atoms with Crippen molar-refractivity contribution in [3.63, 3.8) is 0 Å². The Hall–Kier alpha value is -4.41. The number of nitrogens with one attached hydrogen (secondary N) is 2. The lowest BCUT2D eigenvalue weighted by molar-refractivity contribution is -0.123. The van der Waals surface area contributed by atoms with Crippen LogP contribution < -0.4 is 21.1 Å². The van der Waals surface area contributed by atoms with Crippen molar-refractivity contribution in [2.45, 2.75) is 44.8 Å². The van der Waals surface area contributed by atoms with Crippen molar-refractivity contribution in [3.8, 4) is 16.9 Å². The molecule has 3 aromatic carbocycles. The lowest BCUT2D eigenvalue weighted by Gasteiger charge is -2.31. The van der Waals surface area contributed by atoms with Crippen molar-refractivity contribution in [2.75, 3.05) is 50.5 Å². The molecule has 0 radical (unpaired) electrons. The molecule has 3 aromatic rings. The lowest BCUT2D eigenvalue weighted by Crippen LogP contribution is -2.39. The Bertz CT molecular complexity index is 1450. The maximum atomic E-state index is 12.8. The molecule has 5 rings (SSSR count). The second-order valence-electron chi connectivity index (χ2n) is 11.8. The molecule has 2 saturated heterocycles. The summed E-state index contributed by atoms with van der Waals surface area (Å²) in [7, 11) is 1.63. The number of amides is 3. The monoisotopic (exact) mass is 613 g/mol. The molecular weight excluding hydrogens is 570 g/mol. The predicted molar refractivity (Wildman–Crippen MR) is 175 cm³/mol. The van der Waals surface area contributed by atoms with Crippen molar-refractivity contribution in [3.05, 3.63) is 78.4 Å². The van der Waals surface area contributed by atoms with Gasteiger partial charge in [-0.15, -0.1) is 0 Å². The Balaban J connectivity index is 1.02. The van der Waals surface area contributed by atoms with Gasteiger partial charge in [0.1, 0.15) is 11.9 Å². The zero-order chi connectivity index (χ0) is 31.6. The first-order valence-corrected chi connectivity index (χ1v) is 15.7. The fourth-order valence-corrected chi connectivity index (χ4v) is 6.06. The number of likely N-dealkylation sites (tertiary alicyclic amines) is 2. The summed E-state index contributed by atoms with van der Waals surface area (Å²) in [6.07, 6.45) is 2.72. The highest BCUT2D eigenvalue weighted by molar-refractivity contribution is 5.92. The van der Waals surface area contributed by atoms with Gasteiger partial charge in [-0.05, 0) is 56.5 Å². The molecule has 2 heterocycles. The van der Waals surface area contributed by atoms with Crippen LogP contribution in [0.25, 0.3) is 11.1 Å². The van der Waals surface area contributed by atoms with Crippen LogP contribution in [-0.2, 0) is 20.9 Å². The number of rotatable bonds is 11. The molecule has 0 saturated carbocycles. The van der Waals surface area contributed by atoms with E-state index in [4.69, 9.17) is 15.2 Å². The molecular formula is C35H43N5O5. The zero-order valence-corrected chi connectivity index (χ0v) is 25.9. The third kappa shape index (κ3) is 9.06. The van der Waals surface area contributed by atoms with E-state index in [-0.39, 0.29) is 23.8 Å². The van der Waals surface area contributed by atoms with Gasteiger partial charge in [0.15, 0.2) is 0 Å². The standard InChI is InChI=1S/C35H43N5O5/c1-44-32-23-28(12-11-27(32)24-40-18-13-26(14-19-40)34(36)42)37-33(41)17-22-39-20-15-29(16-21-39)45-35(43)38-31-10-6-5-9-30(31)25-7-3-2-4-8-25/h2-12,23,26,29H,13-22,24H2,1H3,(H2,36,42)(H,37,41)(H,38,43). The number of anilines is 2. The molecule has 2 aliphatic rings. The maximum Gasteiger partial charge on any atom is 0.411 e. The number of nitrogens with zero attached hydrogens (tertiary/aromatic N) is 2. The Morgan fingerprint density at radius 1 is 0.844 bits per heavy atom. The third-order valence-electron chi connectivity index (χ3n) is 8.67. The fourth-order valence-electron chi connectivity index (χ4n) is 6.06. The Morgan fingerprint density at radius 3 is 2.24 bits per heavy atom. The number of benzene rings is 3. The average Bonchev–Trinajstić information content (AvgIpc) is 3.06. The first-order valence-electron chi connectivity index (χ1n) is 15.7. The first kappa shape index (κ1) is 32.0. The molecule has 0 aromatic heterocycles. The van der Waals surface area contributed by atoms with E-state index in [0.717, 1.165) is 61.5 Å². The highest BCUT2D eigenvalue weighted by atomic mass is 16.6. The number of para-hydroxylation sites is 1. The van der Waals surface area contributed by atoms with E-state index >= 15 is 0 Å². The topological polar surface area (TPSA) is 126 Å². The van der Waals surface area contributed by atoms with Crippen molar-refractivity contribution in [1.29, 1.82) is 0 Å².